The normalized spacial score (nSPS) is 13.2. The molecule has 6 heteroatoms. The summed E-state index contributed by atoms with van der Waals surface area (Å²) in [6, 6.07) is -0.920. The molecule has 0 aromatic heterocycles. The summed E-state index contributed by atoms with van der Waals surface area (Å²) in [4.78, 5) is 21.1. The molecule has 0 rings (SSSR count). The summed E-state index contributed by atoms with van der Waals surface area (Å²) in [7, 11) is -1.35. The summed E-state index contributed by atoms with van der Waals surface area (Å²) >= 11 is 0. The Morgan fingerprint density at radius 1 is 1.54 bits per heavy atom. The molecule has 0 saturated carbocycles. The average molecular weight is 206 g/mol. The monoisotopic (exact) mass is 206 g/mol. The standard InChI is InChI=1S/C7H12NO4P/c1-5(9)8-6(7(10)11)3-4-13(2)12/h6H,3-4H2,1-2H3,(H-,8,9,10,11)/p+1. The molecule has 0 spiro atoms. The molecule has 0 heterocycles. The minimum atomic E-state index is -1.35. The van der Waals surface area contributed by atoms with Crippen LogP contribution >= 0.6 is 7.80 Å². The molecular formula is C7H13NO4P+. The fraction of sp³-hybridized carbons (Fsp3) is 0.714. The van der Waals surface area contributed by atoms with Gasteiger partial charge in [0.05, 0.1) is 0 Å². The van der Waals surface area contributed by atoms with Gasteiger partial charge in [0.25, 0.3) is 0 Å². The van der Waals surface area contributed by atoms with Crippen molar-refractivity contribution in [1.29, 1.82) is 0 Å². The number of carboxylic acid groups (broad SMARTS) is 1. The highest BCUT2D eigenvalue weighted by Crippen LogP contribution is 2.15. The Hall–Kier alpha value is -0.960. The third-order valence-electron chi connectivity index (χ3n) is 1.41. The first-order chi connectivity index (χ1) is 5.93. The van der Waals surface area contributed by atoms with Crippen LogP contribution in [-0.4, -0.2) is 35.9 Å². The highest BCUT2D eigenvalue weighted by Gasteiger charge is 2.21. The van der Waals surface area contributed by atoms with Crippen LogP contribution in [0.15, 0.2) is 0 Å². The number of rotatable bonds is 5. The molecule has 0 radical (unpaired) electrons. The molecule has 0 aliphatic carbocycles. The number of carbonyl (C=O) groups is 2. The third kappa shape index (κ3) is 6.22. The van der Waals surface area contributed by atoms with E-state index in [1.165, 1.54) is 13.6 Å². The minimum Gasteiger partial charge on any atom is -0.480 e. The summed E-state index contributed by atoms with van der Waals surface area (Å²) in [6.07, 6.45) is 0.521. The second kappa shape index (κ2) is 5.65. The molecule has 0 aromatic rings. The van der Waals surface area contributed by atoms with E-state index in [0.29, 0.717) is 6.16 Å². The van der Waals surface area contributed by atoms with E-state index >= 15 is 0 Å². The Labute approximate surface area is 77.3 Å². The van der Waals surface area contributed by atoms with Crippen LogP contribution in [-0.2, 0) is 14.2 Å². The first kappa shape index (κ1) is 12.0. The first-order valence-corrected chi connectivity index (χ1v) is 5.71. The predicted molar refractivity (Wildman–Crippen MR) is 48.3 cm³/mol. The fourth-order valence-corrected chi connectivity index (χ4v) is 1.44. The van der Waals surface area contributed by atoms with Crippen LogP contribution in [0.25, 0.3) is 0 Å². The van der Waals surface area contributed by atoms with Crippen LogP contribution in [0.1, 0.15) is 13.3 Å². The van der Waals surface area contributed by atoms with E-state index in [1.807, 2.05) is 0 Å². The van der Waals surface area contributed by atoms with E-state index in [4.69, 9.17) is 5.11 Å². The molecule has 5 nitrogen and oxygen atoms in total. The summed E-state index contributed by atoms with van der Waals surface area (Å²) in [5.41, 5.74) is 0. The molecule has 0 aromatic carbocycles. The Bertz CT molecular complexity index is 229. The van der Waals surface area contributed by atoms with Gasteiger partial charge in [0.15, 0.2) is 0 Å². The van der Waals surface area contributed by atoms with Crippen molar-refractivity contribution in [3.63, 3.8) is 0 Å². The first-order valence-electron chi connectivity index (χ1n) is 3.81. The largest absolute Gasteiger partial charge is 0.480 e. The fourth-order valence-electron chi connectivity index (χ4n) is 0.814. The lowest BCUT2D eigenvalue weighted by atomic mass is 10.2. The minimum absolute atomic E-state index is 0.209. The number of carboxylic acids is 1. The average Bonchev–Trinajstić information content (AvgIpc) is 1.96. The molecule has 0 aliphatic rings. The van der Waals surface area contributed by atoms with Gasteiger partial charge in [-0.1, -0.05) is 4.57 Å². The molecule has 13 heavy (non-hydrogen) atoms. The van der Waals surface area contributed by atoms with Crippen LogP contribution in [0.4, 0.5) is 0 Å². The van der Waals surface area contributed by atoms with E-state index in [2.05, 4.69) is 5.32 Å². The van der Waals surface area contributed by atoms with Gasteiger partial charge in [-0.3, -0.25) is 4.79 Å². The van der Waals surface area contributed by atoms with Crippen LogP contribution in [0.3, 0.4) is 0 Å². The van der Waals surface area contributed by atoms with Crippen LogP contribution in [0.5, 0.6) is 0 Å². The van der Waals surface area contributed by atoms with E-state index in [9.17, 15) is 14.2 Å². The summed E-state index contributed by atoms with van der Waals surface area (Å²) in [6.45, 7) is 2.78. The zero-order valence-electron chi connectivity index (χ0n) is 7.61. The van der Waals surface area contributed by atoms with Crippen LogP contribution < -0.4 is 5.32 Å². The van der Waals surface area contributed by atoms with Gasteiger partial charge in [-0.25, -0.2) is 4.79 Å². The molecule has 0 aliphatic heterocycles. The van der Waals surface area contributed by atoms with Gasteiger partial charge in [0, 0.05) is 13.3 Å². The quantitative estimate of drug-likeness (QED) is 0.638. The van der Waals surface area contributed by atoms with Crippen molar-refractivity contribution in [2.75, 3.05) is 12.8 Å². The third-order valence-corrected chi connectivity index (χ3v) is 2.30. The highest BCUT2D eigenvalue weighted by molar-refractivity contribution is 7.43. The van der Waals surface area contributed by atoms with Gasteiger partial charge in [-0.05, 0) is 0 Å². The Morgan fingerprint density at radius 3 is 2.38 bits per heavy atom. The van der Waals surface area contributed by atoms with Gasteiger partial charge < -0.3 is 10.4 Å². The number of hydrogen-bond donors (Lipinski definition) is 2. The Kier molecular flexibility index (Phi) is 5.23. The summed E-state index contributed by atoms with van der Waals surface area (Å²) in [5, 5.41) is 10.9. The van der Waals surface area contributed by atoms with Crippen molar-refractivity contribution >= 4 is 19.7 Å². The molecular weight excluding hydrogens is 193 g/mol. The van der Waals surface area contributed by atoms with Gasteiger partial charge in [0.2, 0.25) is 5.91 Å². The lowest BCUT2D eigenvalue weighted by molar-refractivity contribution is -0.141. The molecule has 0 saturated heterocycles. The smallest absolute Gasteiger partial charge is 0.335 e. The van der Waals surface area contributed by atoms with E-state index in [0.717, 1.165) is 0 Å². The molecule has 2 unspecified atom stereocenters. The van der Waals surface area contributed by atoms with Crippen molar-refractivity contribution in [3.05, 3.63) is 0 Å². The van der Waals surface area contributed by atoms with E-state index in [-0.39, 0.29) is 6.42 Å². The zero-order chi connectivity index (χ0) is 10.4. The van der Waals surface area contributed by atoms with Crippen molar-refractivity contribution in [2.45, 2.75) is 19.4 Å². The van der Waals surface area contributed by atoms with Crippen LogP contribution in [0.2, 0.25) is 0 Å². The summed E-state index contributed by atoms with van der Waals surface area (Å²) in [5.74, 6) is -1.48. The van der Waals surface area contributed by atoms with Crippen molar-refractivity contribution in [1.82, 2.24) is 5.32 Å². The predicted octanol–water partition coefficient (Wildman–Crippen LogP) is 0.423. The van der Waals surface area contributed by atoms with Crippen molar-refractivity contribution < 1.29 is 19.3 Å². The Balaban J connectivity index is 4.02. The molecule has 1 amide bonds. The number of carbonyl (C=O) groups excluding carboxylic acids is 1. The molecule has 2 atom stereocenters. The lowest BCUT2D eigenvalue weighted by Crippen LogP contribution is -2.39. The number of hydrogen-bond acceptors (Lipinski definition) is 3. The lowest BCUT2D eigenvalue weighted by Gasteiger charge is -2.09. The van der Waals surface area contributed by atoms with Gasteiger partial charge in [0.1, 0.15) is 18.9 Å². The SMILES string of the molecule is CC(=O)NC(CC[P+](C)=O)C(=O)O. The molecule has 2 N–H and O–H groups in total. The summed E-state index contributed by atoms with van der Waals surface area (Å²) < 4.78 is 10.7. The molecule has 74 valence electrons. The second-order valence-corrected chi connectivity index (χ2v) is 4.43. The van der Waals surface area contributed by atoms with Crippen LogP contribution in [0, 0.1) is 0 Å². The number of amides is 1. The van der Waals surface area contributed by atoms with Gasteiger partial charge in [-0.2, -0.15) is 0 Å². The Morgan fingerprint density at radius 2 is 2.08 bits per heavy atom. The van der Waals surface area contributed by atoms with Gasteiger partial charge in [-0.15, -0.1) is 0 Å². The second-order valence-electron chi connectivity index (χ2n) is 2.73. The maximum Gasteiger partial charge on any atom is 0.335 e. The van der Waals surface area contributed by atoms with Crippen molar-refractivity contribution in [3.8, 4) is 0 Å². The highest BCUT2D eigenvalue weighted by atomic mass is 31.1. The zero-order valence-corrected chi connectivity index (χ0v) is 8.51. The topological polar surface area (TPSA) is 83.5 Å². The van der Waals surface area contributed by atoms with E-state index < -0.39 is 25.7 Å². The molecule has 0 bridgehead atoms. The maximum absolute atomic E-state index is 10.7. The number of aliphatic carboxylic acids is 1. The van der Waals surface area contributed by atoms with E-state index in [1.54, 1.807) is 0 Å². The van der Waals surface area contributed by atoms with Crippen molar-refractivity contribution in [2.24, 2.45) is 0 Å². The van der Waals surface area contributed by atoms with Gasteiger partial charge >= 0.3 is 13.8 Å². The molecule has 0 fully saturated rings. The maximum atomic E-state index is 10.7. The number of nitrogens with one attached hydrogen (secondary N) is 1.